The topological polar surface area (TPSA) is 102 Å². The quantitative estimate of drug-likeness (QED) is 0.428. The van der Waals surface area contributed by atoms with Crippen LogP contribution in [0.15, 0.2) is 18.2 Å². The third-order valence-corrected chi connectivity index (χ3v) is 3.69. The lowest BCUT2D eigenvalue weighted by Crippen LogP contribution is -2.45. The van der Waals surface area contributed by atoms with E-state index in [0.29, 0.717) is 16.9 Å². The van der Waals surface area contributed by atoms with Gasteiger partial charge < -0.3 is 0 Å². The summed E-state index contributed by atoms with van der Waals surface area (Å²) in [5.74, 6) is -2.56. The fourth-order valence-electron chi connectivity index (χ4n) is 1.96. The predicted octanol–water partition coefficient (Wildman–Crippen LogP) is 2.32. The lowest BCUT2D eigenvalue weighted by Gasteiger charge is -2.13. The second-order valence-electron chi connectivity index (χ2n) is 5.58. The zero-order valence-electron chi connectivity index (χ0n) is 14.3. The molecule has 0 aliphatic rings. The molecular formula is C14H11ClF6N6O2. The van der Waals surface area contributed by atoms with Gasteiger partial charge in [-0.3, -0.25) is 20.4 Å². The van der Waals surface area contributed by atoms with E-state index >= 15 is 0 Å². The normalized spacial score (nSPS) is 13.1. The highest BCUT2D eigenvalue weighted by atomic mass is 35.5. The van der Waals surface area contributed by atoms with Crippen molar-refractivity contribution in [3.8, 4) is 11.4 Å². The third-order valence-electron chi connectivity index (χ3n) is 3.45. The molecule has 0 spiro atoms. The standard InChI is InChI=1S/C14H11ClF6N6O2/c1-6(12(29)24-22-10(28)5-15)27-25-11(23-26-27)7-2-8(13(16,17)18)4-9(3-7)14(19,20)21/h2-4,6H,5H2,1H3,(H,22,28)(H,24,29). The van der Waals surface area contributed by atoms with Gasteiger partial charge in [0.1, 0.15) is 5.88 Å². The van der Waals surface area contributed by atoms with E-state index in [9.17, 15) is 35.9 Å². The molecule has 29 heavy (non-hydrogen) atoms. The van der Waals surface area contributed by atoms with Crippen molar-refractivity contribution < 1.29 is 35.9 Å². The van der Waals surface area contributed by atoms with Crippen molar-refractivity contribution in [3.63, 3.8) is 0 Å². The molecule has 0 radical (unpaired) electrons. The molecule has 1 unspecified atom stereocenters. The fourth-order valence-corrected chi connectivity index (χ4v) is 2.03. The fraction of sp³-hybridized carbons (Fsp3) is 0.357. The summed E-state index contributed by atoms with van der Waals surface area (Å²) in [5, 5.41) is 10.5. The SMILES string of the molecule is CC(C(=O)NNC(=O)CCl)n1nnc(-c2cc(C(F)(F)F)cc(C(F)(F)F)c2)n1. The van der Waals surface area contributed by atoms with Crippen LogP contribution in [-0.4, -0.2) is 37.9 Å². The summed E-state index contributed by atoms with van der Waals surface area (Å²) >= 11 is 5.23. The number of carbonyl (C=O) groups is 2. The smallest absolute Gasteiger partial charge is 0.272 e. The summed E-state index contributed by atoms with van der Waals surface area (Å²) in [6.45, 7) is 1.25. The highest BCUT2D eigenvalue weighted by Crippen LogP contribution is 2.37. The van der Waals surface area contributed by atoms with Crippen molar-refractivity contribution in [2.24, 2.45) is 0 Å². The molecule has 0 aliphatic carbocycles. The van der Waals surface area contributed by atoms with Crippen LogP contribution >= 0.6 is 11.6 Å². The predicted molar refractivity (Wildman–Crippen MR) is 85.0 cm³/mol. The second-order valence-corrected chi connectivity index (χ2v) is 5.84. The summed E-state index contributed by atoms with van der Waals surface area (Å²) in [7, 11) is 0. The lowest BCUT2D eigenvalue weighted by atomic mass is 10.0. The Hall–Kier alpha value is -2.90. The Labute approximate surface area is 163 Å². The van der Waals surface area contributed by atoms with Gasteiger partial charge in [-0.05, 0) is 30.3 Å². The first kappa shape index (κ1) is 22.4. The molecule has 2 amide bonds. The first-order chi connectivity index (χ1) is 13.3. The third kappa shape index (κ3) is 5.56. The number of hydrogen-bond acceptors (Lipinski definition) is 5. The number of tetrazole rings is 1. The van der Waals surface area contributed by atoms with Crippen LogP contribution < -0.4 is 10.9 Å². The zero-order chi connectivity index (χ0) is 22.0. The number of rotatable bonds is 4. The van der Waals surface area contributed by atoms with Crippen molar-refractivity contribution in [2.45, 2.75) is 25.3 Å². The van der Waals surface area contributed by atoms with Gasteiger partial charge in [0.25, 0.3) is 11.8 Å². The molecule has 0 bridgehead atoms. The molecule has 8 nitrogen and oxygen atoms in total. The molecule has 1 aromatic carbocycles. The molecule has 0 fully saturated rings. The molecular weight excluding hydrogens is 434 g/mol. The van der Waals surface area contributed by atoms with E-state index in [2.05, 4.69) is 15.4 Å². The summed E-state index contributed by atoms with van der Waals surface area (Å²) in [6.07, 6.45) is -10.1. The van der Waals surface area contributed by atoms with Crippen LogP contribution in [0.4, 0.5) is 26.3 Å². The van der Waals surface area contributed by atoms with Crippen LogP contribution in [0.1, 0.15) is 24.1 Å². The molecule has 0 saturated heterocycles. The molecule has 0 saturated carbocycles. The van der Waals surface area contributed by atoms with Gasteiger partial charge in [0.15, 0.2) is 6.04 Å². The maximum atomic E-state index is 12.9. The monoisotopic (exact) mass is 444 g/mol. The lowest BCUT2D eigenvalue weighted by molar-refractivity contribution is -0.143. The number of halogens is 7. The first-order valence-corrected chi connectivity index (χ1v) is 8.10. The van der Waals surface area contributed by atoms with Gasteiger partial charge in [0.2, 0.25) is 5.82 Å². The number of hydrogen-bond donors (Lipinski definition) is 2. The summed E-state index contributed by atoms with van der Waals surface area (Å²) in [5.41, 5.74) is 0.258. The van der Waals surface area contributed by atoms with Crippen LogP contribution in [0.5, 0.6) is 0 Å². The molecule has 0 aliphatic heterocycles. The minimum atomic E-state index is -5.04. The van der Waals surface area contributed by atoms with Gasteiger partial charge in [-0.2, -0.15) is 31.1 Å². The van der Waals surface area contributed by atoms with Crippen molar-refractivity contribution >= 4 is 23.4 Å². The number of nitrogens with zero attached hydrogens (tertiary/aromatic N) is 4. The molecule has 2 rings (SSSR count). The largest absolute Gasteiger partial charge is 0.416 e. The van der Waals surface area contributed by atoms with Crippen molar-refractivity contribution in [1.82, 2.24) is 31.1 Å². The number of amides is 2. The zero-order valence-corrected chi connectivity index (χ0v) is 15.0. The van der Waals surface area contributed by atoms with Crippen molar-refractivity contribution in [1.29, 1.82) is 0 Å². The van der Waals surface area contributed by atoms with E-state index in [0.717, 1.165) is 0 Å². The van der Waals surface area contributed by atoms with E-state index in [4.69, 9.17) is 11.6 Å². The number of carbonyl (C=O) groups excluding carboxylic acids is 2. The van der Waals surface area contributed by atoms with Gasteiger partial charge >= 0.3 is 12.4 Å². The van der Waals surface area contributed by atoms with Crippen molar-refractivity contribution in [2.75, 3.05) is 5.88 Å². The molecule has 2 N–H and O–H groups in total. The molecule has 1 heterocycles. The number of aromatic nitrogens is 4. The molecule has 15 heteroatoms. The summed E-state index contributed by atoms with van der Waals surface area (Å²) in [4.78, 5) is 23.5. The Bertz CT molecular complexity index is 880. The highest BCUT2D eigenvalue weighted by Gasteiger charge is 2.37. The van der Waals surface area contributed by atoms with Gasteiger partial charge in [0.05, 0.1) is 11.1 Å². The van der Waals surface area contributed by atoms with E-state index < -0.39 is 58.6 Å². The number of benzene rings is 1. The average molecular weight is 445 g/mol. The Morgan fingerprint density at radius 1 is 1.07 bits per heavy atom. The Kier molecular flexibility index (Phi) is 6.35. The van der Waals surface area contributed by atoms with Crippen LogP contribution in [0.25, 0.3) is 11.4 Å². The molecule has 1 aromatic heterocycles. The number of alkyl halides is 7. The van der Waals surface area contributed by atoms with Gasteiger partial charge in [0, 0.05) is 5.56 Å². The van der Waals surface area contributed by atoms with Crippen LogP contribution in [0.3, 0.4) is 0 Å². The average Bonchev–Trinajstić information content (AvgIpc) is 3.13. The second kappa shape index (κ2) is 8.23. The first-order valence-electron chi connectivity index (χ1n) is 7.57. The van der Waals surface area contributed by atoms with Crippen LogP contribution in [-0.2, 0) is 21.9 Å². The summed E-state index contributed by atoms with van der Waals surface area (Å²) in [6, 6.07) is -0.382. The molecule has 1 atom stereocenters. The van der Waals surface area contributed by atoms with Gasteiger partial charge in [-0.1, -0.05) is 0 Å². The Balaban J connectivity index is 2.34. The van der Waals surface area contributed by atoms with E-state index in [1.165, 1.54) is 6.92 Å². The van der Waals surface area contributed by atoms with E-state index in [-0.39, 0.29) is 6.07 Å². The minimum Gasteiger partial charge on any atom is -0.272 e. The molecule has 2 aromatic rings. The summed E-state index contributed by atoms with van der Waals surface area (Å²) < 4.78 is 77.7. The number of nitrogens with one attached hydrogen (secondary N) is 2. The highest BCUT2D eigenvalue weighted by molar-refractivity contribution is 6.27. The Morgan fingerprint density at radius 2 is 1.62 bits per heavy atom. The van der Waals surface area contributed by atoms with Crippen LogP contribution in [0, 0.1) is 0 Å². The maximum Gasteiger partial charge on any atom is 0.416 e. The maximum absolute atomic E-state index is 12.9. The van der Waals surface area contributed by atoms with E-state index in [1.807, 2.05) is 10.9 Å². The van der Waals surface area contributed by atoms with Gasteiger partial charge in [-0.25, -0.2) is 0 Å². The van der Waals surface area contributed by atoms with Crippen LogP contribution in [0.2, 0.25) is 0 Å². The molecule has 158 valence electrons. The van der Waals surface area contributed by atoms with Crippen molar-refractivity contribution in [3.05, 3.63) is 29.3 Å². The minimum absolute atomic E-state index is 0.0381. The van der Waals surface area contributed by atoms with Gasteiger partial charge in [-0.15, -0.1) is 21.8 Å². The van der Waals surface area contributed by atoms with E-state index in [1.54, 1.807) is 0 Å². The number of hydrazine groups is 1. The Morgan fingerprint density at radius 3 is 2.10 bits per heavy atom.